The van der Waals surface area contributed by atoms with Crippen LogP contribution in [0, 0.1) is 0 Å². The first-order chi connectivity index (χ1) is 17.1. The second kappa shape index (κ2) is 11.8. The second-order valence-corrected chi connectivity index (χ2v) is 9.93. The molecule has 0 saturated heterocycles. The van der Waals surface area contributed by atoms with E-state index in [4.69, 9.17) is 0 Å². The Labute approximate surface area is 215 Å². The molecule has 1 unspecified atom stereocenters. The average Bonchev–Trinajstić information content (AvgIpc) is 2.84. The third-order valence-electron chi connectivity index (χ3n) is 6.24. The molecule has 6 nitrogen and oxygen atoms in total. The van der Waals surface area contributed by atoms with Crippen molar-refractivity contribution in [1.29, 1.82) is 0 Å². The molecule has 0 aliphatic rings. The van der Waals surface area contributed by atoms with Crippen molar-refractivity contribution in [2.45, 2.75) is 52.5 Å². The Morgan fingerprint density at radius 1 is 0.750 bits per heavy atom. The molecule has 0 fully saturated rings. The number of amides is 3. The highest BCUT2D eigenvalue weighted by Crippen LogP contribution is 2.32. The number of urea groups is 1. The largest absolute Gasteiger partial charge is 0.377 e. The summed E-state index contributed by atoms with van der Waals surface area (Å²) in [6.45, 7) is 10.4. The first-order valence-corrected chi connectivity index (χ1v) is 12.5. The van der Waals surface area contributed by atoms with Crippen LogP contribution >= 0.6 is 0 Å². The lowest BCUT2D eigenvalue weighted by molar-refractivity contribution is 0.0940. The van der Waals surface area contributed by atoms with Crippen molar-refractivity contribution >= 4 is 29.0 Å². The van der Waals surface area contributed by atoms with Gasteiger partial charge in [-0.2, -0.15) is 0 Å². The Morgan fingerprint density at radius 3 is 1.92 bits per heavy atom. The van der Waals surface area contributed by atoms with Gasteiger partial charge >= 0.3 is 6.03 Å². The lowest BCUT2D eigenvalue weighted by Gasteiger charge is -2.22. The number of para-hydroxylation sites is 1. The molecule has 0 bridgehead atoms. The minimum atomic E-state index is -0.341. The van der Waals surface area contributed by atoms with Crippen LogP contribution in [0.1, 0.15) is 79.5 Å². The summed E-state index contributed by atoms with van der Waals surface area (Å²) in [6, 6.07) is 20.8. The molecule has 1 atom stereocenters. The van der Waals surface area contributed by atoms with Gasteiger partial charge in [0.2, 0.25) is 0 Å². The molecule has 0 heterocycles. The van der Waals surface area contributed by atoms with Crippen molar-refractivity contribution in [3.05, 3.63) is 89.0 Å². The number of nitrogens with one attached hydrogen (secondary N) is 3. The van der Waals surface area contributed by atoms with Gasteiger partial charge in [0.05, 0.1) is 11.6 Å². The molecule has 6 heteroatoms. The normalized spacial score (nSPS) is 11.8. The van der Waals surface area contributed by atoms with E-state index in [1.54, 1.807) is 6.07 Å². The summed E-state index contributed by atoms with van der Waals surface area (Å²) in [7, 11) is 3.78. The smallest absolute Gasteiger partial charge is 0.323 e. The van der Waals surface area contributed by atoms with Gasteiger partial charge in [-0.1, -0.05) is 76.2 Å². The molecule has 0 radical (unpaired) electrons. The van der Waals surface area contributed by atoms with E-state index < -0.39 is 0 Å². The van der Waals surface area contributed by atoms with Crippen molar-refractivity contribution in [2.24, 2.45) is 0 Å². The Bertz CT molecular complexity index is 1180. The summed E-state index contributed by atoms with van der Waals surface area (Å²) in [4.78, 5) is 28.2. The van der Waals surface area contributed by atoms with E-state index in [1.165, 1.54) is 0 Å². The van der Waals surface area contributed by atoms with Gasteiger partial charge in [0.1, 0.15) is 0 Å². The molecule has 3 aromatic rings. The molecule has 190 valence electrons. The standard InChI is InChI=1S/C30H38N4O2/c1-19(2)24-14-11-15-25(20(3)4)28(24)33-30(36)32-23-16-17-27(34(6)7)26(18-23)29(35)31-21(5)22-12-9-8-10-13-22/h8-21H,1-7H3,(H,31,35)(H2,32,33,36). The number of anilines is 3. The van der Waals surface area contributed by atoms with Gasteiger partial charge in [0.25, 0.3) is 5.91 Å². The molecule has 0 aromatic heterocycles. The molecule has 3 aromatic carbocycles. The van der Waals surface area contributed by atoms with Crippen LogP contribution < -0.4 is 20.9 Å². The molecule has 0 spiro atoms. The van der Waals surface area contributed by atoms with Gasteiger partial charge in [-0.15, -0.1) is 0 Å². The van der Waals surface area contributed by atoms with Crippen LogP contribution in [-0.4, -0.2) is 26.0 Å². The fourth-order valence-electron chi connectivity index (χ4n) is 4.26. The van der Waals surface area contributed by atoms with Crippen LogP contribution in [0.2, 0.25) is 0 Å². The fraction of sp³-hybridized carbons (Fsp3) is 0.333. The molecule has 36 heavy (non-hydrogen) atoms. The van der Waals surface area contributed by atoms with Crippen molar-refractivity contribution in [3.8, 4) is 0 Å². The number of rotatable bonds is 8. The SMILES string of the molecule is CC(C)c1cccc(C(C)C)c1NC(=O)Nc1ccc(N(C)C)c(C(=O)NC(C)c2ccccc2)c1. The third kappa shape index (κ3) is 6.45. The van der Waals surface area contributed by atoms with E-state index in [9.17, 15) is 9.59 Å². The Hall–Kier alpha value is -3.80. The fourth-order valence-corrected chi connectivity index (χ4v) is 4.26. The van der Waals surface area contributed by atoms with Crippen molar-refractivity contribution in [3.63, 3.8) is 0 Å². The van der Waals surface area contributed by atoms with Gasteiger partial charge in [0, 0.05) is 31.2 Å². The summed E-state index contributed by atoms with van der Waals surface area (Å²) < 4.78 is 0. The topological polar surface area (TPSA) is 73.5 Å². The molecule has 3 rings (SSSR count). The van der Waals surface area contributed by atoms with Crippen molar-refractivity contribution < 1.29 is 9.59 Å². The molecule has 3 amide bonds. The lowest BCUT2D eigenvalue weighted by atomic mass is 9.93. The highest BCUT2D eigenvalue weighted by Gasteiger charge is 2.19. The van der Waals surface area contributed by atoms with Gasteiger partial charge in [0.15, 0.2) is 0 Å². The maximum atomic E-state index is 13.3. The first kappa shape index (κ1) is 26.8. The minimum absolute atomic E-state index is 0.157. The van der Waals surface area contributed by atoms with Crippen LogP contribution in [0.4, 0.5) is 21.9 Å². The maximum Gasteiger partial charge on any atom is 0.323 e. The van der Waals surface area contributed by atoms with Crippen LogP contribution in [-0.2, 0) is 0 Å². The number of hydrogen-bond donors (Lipinski definition) is 3. The summed E-state index contributed by atoms with van der Waals surface area (Å²) in [5, 5.41) is 9.06. The monoisotopic (exact) mass is 486 g/mol. The Morgan fingerprint density at radius 2 is 1.36 bits per heavy atom. The van der Waals surface area contributed by atoms with Crippen molar-refractivity contribution in [1.82, 2.24) is 5.32 Å². The number of nitrogens with zero attached hydrogens (tertiary/aromatic N) is 1. The van der Waals surface area contributed by atoms with E-state index in [0.29, 0.717) is 11.3 Å². The lowest BCUT2D eigenvalue weighted by Crippen LogP contribution is -2.29. The zero-order valence-electron chi connectivity index (χ0n) is 22.3. The Balaban J connectivity index is 1.84. The van der Waals surface area contributed by atoms with E-state index in [1.807, 2.05) is 86.6 Å². The summed E-state index contributed by atoms with van der Waals surface area (Å²) >= 11 is 0. The zero-order valence-corrected chi connectivity index (χ0v) is 22.3. The van der Waals surface area contributed by atoms with E-state index >= 15 is 0 Å². The zero-order chi connectivity index (χ0) is 26.4. The molecule has 3 N–H and O–H groups in total. The highest BCUT2D eigenvalue weighted by molar-refractivity contribution is 6.04. The molecule has 0 aliphatic carbocycles. The van der Waals surface area contributed by atoms with Gasteiger partial charge in [-0.3, -0.25) is 4.79 Å². The predicted molar refractivity (Wildman–Crippen MR) is 150 cm³/mol. The Kier molecular flexibility index (Phi) is 8.75. The van der Waals surface area contributed by atoms with Crippen molar-refractivity contribution in [2.75, 3.05) is 29.6 Å². The minimum Gasteiger partial charge on any atom is -0.377 e. The van der Waals surface area contributed by atoms with Crippen LogP contribution in [0.25, 0.3) is 0 Å². The van der Waals surface area contributed by atoms with Crippen LogP contribution in [0.5, 0.6) is 0 Å². The summed E-state index contributed by atoms with van der Waals surface area (Å²) in [5.74, 6) is 0.326. The number of benzene rings is 3. The number of carbonyl (C=O) groups is 2. The maximum absolute atomic E-state index is 13.3. The third-order valence-corrected chi connectivity index (χ3v) is 6.24. The molecular weight excluding hydrogens is 448 g/mol. The highest BCUT2D eigenvalue weighted by atomic mass is 16.2. The molecule has 0 aliphatic heterocycles. The van der Waals surface area contributed by atoms with Gasteiger partial charge in [-0.05, 0) is 53.6 Å². The van der Waals surface area contributed by atoms with Gasteiger partial charge < -0.3 is 20.9 Å². The summed E-state index contributed by atoms with van der Waals surface area (Å²) in [6.07, 6.45) is 0. The van der Waals surface area contributed by atoms with E-state index in [0.717, 1.165) is 28.1 Å². The van der Waals surface area contributed by atoms with E-state index in [2.05, 4.69) is 43.6 Å². The average molecular weight is 487 g/mol. The van der Waals surface area contributed by atoms with Crippen LogP contribution in [0.3, 0.4) is 0 Å². The second-order valence-electron chi connectivity index (χ2n) is 9.93. The van der Waals surface area contributed by atoms with E-state index in [-0.39, 0.29) is 29.8 Å². The quantitative estimate of drug-likeness (QED) is 0.317. The van der Waals surface area contributed by atoms with Gasteiger partial charge in [-0.25, -0.2) is 4.79 Å². The predicted octanol–water partition coefficient (Wildman–Crippen LogP) is 7.13. The first-order valence-electron chi connectivity index (χ1n) is 12.5. The van der Waals surface area contributed by atoms with Crippen LogP contribution in [0.15, 0.2) is 66.7 Å². The number of hydrogen-bond acceptors (Lipinski definition) is 3. The molecular formula is C30H38N4O2. The number of carbonyl (C=O) groups excluding carboxylic acids is 2. The summed E-state index contributed by atoms with van der Waals surface area (Å²) in [5.41, 5.74) is 5.86. The molecule has 0 saturated carbocycles.